The molecule has 0 radical (unpaired) electrons. The molecule has 1 aromatic rings. The molecule has 1 aliphatic heterocycles. The first-order chi connectivity index (χ1) is 10.8. The maximum Gasteiger partial charge on any atom is 0.238 e. The van der Waals surface area contributed by atoms with E-state index in [0.29, 0.717) is 31.9 Å². The number of piperazine rings is 1. The molecule has 1 heterocycles. The molecule has 1 saturated heterocycles. The van der Waals surface area contributed by atoms with E-state index in [1.807, 2.05) is 4.90 Å². The third kappa shape index (κ3) is 5.02. The summed E-state index contributed by atoms with van der Waals surface area (Å²) in [6.45, 7) is 4.29. The van der Waals surface area contributed by atoms with Gasteiger partial charge in [0.05, 0.1) is 11.4 Å². The maximum atomic E-state index is 12.0. The van der Waals surface area contributed by atoms with Crippen LogP contribution in [0, 0.1) is 0 Å². The van der Waals surface area contributed by atoms with Gasteiger partial charge >= 0.3 is 0 Å². The van der Waals surface area contributed by atoms with Crippen molar-refractivity contribution < 1.29 is 18.0 Å². The van der Waals surface area contributed by atoms with Crippen LogP contribution in [-0.2, 0) is 19.6 Å². The molecule has 0 unspecified atom stereocenters. The molecule has 9 heteroatoms. The molecule has 1 fully saturated rings. The molecule has 2 amide bonds. The number of hydrogen-bond acceptors (Lipinski definition) is 5. The van der Waals surface area contributed by atoms with E-state index in [9.17, 15) is 18.0 Å². The minimum atomic E-state index is -3.74. The molecule has 0 saturated carbocycles. The number of rotatable bonds is 4. The number of anilines is 1. The summed E-state index contributed by atoms with van der Waals surface area (Å²) in [7, 11) is -3.74. The van der Waals surface area contributed by atoms with Gasteiger partial charge in [-0.3, -0.25) is 14.5 Å². The highest BCUT2D eigenvalue weighted by molar-refractivity contribution is 7.89. The second kappa shape index (κ2) is 7.07. The van der Waals surface area contributed by atoms with Crippen molar-refractivity contribution in [2.24, 2.45) is 5.14 Å². The van der Waals surface area contributed by atoms with Gasteiger partial charge in [-0.05, 0) is 24.3 Å². The van der Waals surface area contributed by atoms with Gasteiger partial charge in [-0.2, -0.15) is 0 Å². The molecule has 1 aliphatic rings. The Labute approximate surface area is 135 Å². The van der Waals surface area contributed by atoms with Gasteiger partial charge < -0.3 is 10.2 Å². The van der Waals surface area contributed by atoms with Crippen molar-refractivity contribution in [2.45, 2.75) is 11.8 Å². The molecule has 0 bridgehead atoms. The minimum Gasteiger partial charge on any atom is -0.340 e. The Morgan fingerprint density at radius 3 is 2.17 bits per heavy atom. The van der Waals surface area contributed by atoms with E-state index in [-0.39, 0.29) is 23.3 Å². The van der Waals surface area contributed by atoms with Crippen LogP contribution in [0.4, 0.5) is 5.69 Å². The predicted octanol–water partition coefficient (Wildman–Crippen LogP) is -0.563. The summed E-state index contributed by atoms with van der Waals surface area (Å²) in [4.78, 5) is 27.0. The normalized spacial score (nSPS) is 16.2. The van der Waals surface area contributed by atoms with Gasteiger partial charge in [-0.1, -0.05) is 0 Å². The number of sulfonamides is 1. The molecule has 8 nitrogen and oxygen atoms in total. The zero-order chi connectivity index (χ0) is 17.0. The van der Waals surface area contributed by atoms with Crippen LogP contribution in [-0.4, -0.2) is 62.8 Å². The lowest BCUT2D eigenvalue weighted by Crippen LogP contribution is -2.49. The SMILES string of the molecule is CC(=O)N1CCN(CC(=O)Nc2ccc(S(N)(=O)=O)cc2)CC1. The summed E-state index contributed by atoms with van der Waals surface area (Å²) >= 11 is 0. The number of amides is 2. The Morgan fingerprint density at radius 1 is 1.13 bits per heavy atom. The summed E-state index contributed by atoms with van der Waals surface area (Å²) in [6.07, 6.45) is 0. The van der Waals surface area contributed by atoms with Crippen molar-refractivity contribution in [3.63, 3.8) is 0 Å². The number of benzene rings is 1. The van der Waals surface area contributed by atoms with Crippen LogP contribution in [0.3, 0.4) is 0 Å². The van der Waals surface area contributed by atoms with Crippen LogP contribution in [0.5, 0.6) is 0 Å². The molecule has 2 rings (SSSR count). The van der Waals surface area contributed by atoms with Crippen molar-refractivity contribution in [3.05, 3.63) is 24.3 Å². The highest BCUT2D eigenvalue weighted by atomic mass is 32.2. The summed E-state index contributed by atoms with van der Waals surface area (Å²) in [6, 6.07) is 5.67. The average molecular weight is 340 g/mol. The lowest BCUT2D eigenvalue weighted by molar-refractivity contribution is -0.130. The Bertz CT molecular complexity index is 679. The topological polar surface area (TPSA) is 113 Å². The van der Waals surface area contributed by atoms with Crippen molar-refractivity contribution in [2.75, 3.05) is 38.0 Å². The van der Waals surface area contributed by atoms with Crippen LogP contribution in [0.25, 0.3) is 0 Å². The van der Waals surface area contributed by atoms with Crippen molar-refractivity contribution in [1.29, 1.82) is 0 Å². The molecule has 23 heavy (non-hydrogen) atoms. The predicted molar refractivity (Wildman–Crippen MR) is 85.1 cm³/mol. The van der Waals surface area contributed by atoms with Crippen LogP contribution >= 0.6 is 0 Å². The lowest BCUT2D eigenvalue weighted by Gasteiger charge is -2.33. The largest absolute Gasteiger partial charge is 0.340 e. The van der Waals surface area contributed by atoms with Crippen LogP contribution in [0.15, 0.2) is 29.2 Å². The molecule has 0 atom stereocenters. The molecular weight excluding hydrogens is 320 g/mol. The fraction of sp³-hybridized carbons (Fsp3) is 0.429. The van der Waals surface area contributed by atoms with E-state index >= 15 is 0 Å². The molecule has 0 spiro atoms. The third-order valence-corrected chi connectivity index (χ3v) is 4.58. The van der Waals surface area contributed by atoms with Gasteiger partial charge in [0.15, 0.2) is 0 Å². The van der Waals surface area contributed by atoms with Crippen molar-refractivity contribution in [3.8, 4) is 0 Å². The number of nitrogens with one attached hydrogen (secondary N) is 1. The molecule has 126 valence electrons. The second-order valence-corrected chi connectivity index (χ2v) is 6.96. The van der Waals surface area contributed by atoms with E-state index < -0.39 is 10.0 Å². The Morgan fingerprint density at radius 2 is 1.70 bits per heavy atom. The summed E-state index contributed by atoms with van der Waals surface area (Å²) in [5.41, 5.74) is 0.504. The maximum absolute atomic E-state index is 12.0. The minimum absolute atomic E-state index is 0.00384. The third-order valence-electron chi connectivity index (χ3n) is 3.65. The monoisotopic (exact) mass is 340 g/mol. The smallest absolute Gasteiger partial charge is 0.238 e. The number of carbonyl (C=O) groups excluding carboxylic acids is 2. The van der Waals surface area contributed by atoms with Crippen molar-refractivity contribution >= 4 is 27.5 Å². The number of hydrogen-bond donors (Lipinski definition) is 2. The van der Waals surface area contributed by atoms with Crippen LogP contribution in [0.2, 0.25) is 0 Å². The quantitative estimate of drug-likeness (QED) is 0.763. The summed E-state index contributed by atoms with van der Waals surface area (Å²) in [5, 5.41) is 7.72. The number of nitrogens with zero attached hydrogens (tertiary/aromatic N) is 2. The van der Waals surface area contributed by atoms with E-state index in [1.165, 1.54) is 31.2 Å². The first-order valence-corrected chi connectivity index (χ1v) is 8.71. The zero-order valence-corrected chi connectivity index (χ0v) is 13.7. The van der Waals surface area contributed by atoms with Crippen LogP contribution < -0.4 is 10.5 Å². The van der Waals surface area contributed by atoms with Crippen molar-refractivity contribution in [1.82, 2.24) is 9.80 Å². The molecule has 0 aromatic heterocycles. The van der Waals surface area contributed by atoms with E-state index in [1.54, 1.807) is 4.90 Å². The fourth-order valence-electron chi connectivity index (χ4n) is 2.35. The highest BCUT2D eigenvalue weighted by Gasteiger charge is 2.20. The van der Waals surface area contributed by atoms with E-state index in [2.05, 4.69) is 5.32 Å². The van der Waals surface area contributed by atoms with Gasteiger partial charge in [0.25, 0.3) is 0 Å². The van der Waals surface area contributed by atoms with Gasteiger partial charge in [-0.15, -0.1) is 0 Å². The lowest BCUT2D eigenvalue weighted by atomic mass is 10.3. The summed E-state index contributed by atoms with van der Waals surface area (Å²) < 4.78 is 22.3. The Hall–Kier alpha value is -1.97. The molecular formula is C14H20N4O4S. The highest BCUT2D eigenvalue weighted by Crippen LogP contribution is 2.13. The Balaban J connectivity index is 1.85. The second-order valence-electron chi connectivity index (χ2n) is 5.40. The number of carbonyl (C=O) groups is 2. The zero-order valence-electron chi connectivity index (χ0n) is 12.9. The Kier molecular flexibility index (Phi) is 5.34. The van der Waals surface area contributed by atoms with Gasteiger partial charge in [-0.25, -0.2) is 13.6 Å². The fourth-order valence-corrected chi connectivity index (χ4v) is 2.87. The number of primary sulfonamides is 1. The first-order valence-electron chi connectivity index (χ1n) is 7.16. The van der Waals surface area contributed by atoms with Gasteiger partial charge in [0.2, 0.25) is 21.8 Å². The molecule has 3 N–H and O–H groups in total. The molecule has 1 aromatic carbocycles. The standard InChI is InChI=1S/C14H20N4O4S/c1-11(19)18-8-6-17(7-9-18)10-14(20)16-12-2-4-13(5-3-12)23(15,21)22/h2-5H,6-10H2,1H3,(H,16,20)(H2,15,21,22). The first kappa shape index (κ1) is 17.4. The van der Waals surface area contributed by atoms with E-state index in [0.717, 1.165) is 0 Å². The van der Waals surface area contributed by atoms with Gasteiger partial charge in [0, 0.05) is 38.8 Å². The van der Waals surface area contributed by atoms with Gasteiger partial charge in [0.1, 0.15) is 0 Å². The average Bonchev–Trinajstić information content (AvgIpc) is 2.47. The van der Waals surface area contributed by atoms with E-state index in [4.69, 9.17) is 5.14 Å². The summed E-state index contributed by atoms with van der Waals surface area (Å²) in [5.74, 6) is -0.145. The molecule has 0 aliphatic carbocycles. The number of nitrogens with two attached hydrogens (primary N) is 1. The van der Waals surface area contributed by atoms with Crippen LogP contribution in [0.1, 0.15) is 6.92 Å².